The summed E-state index contributed by atoms with van der Waals surface area (Å²) in [6.07, 6.45) is 1.02. The molecule has 0 aromatic carbocycles. The third kappa shape index (κ3) is 2.01. The van der Waals surface area contributed by atoms with Crippen LogP contribution in [0.15, 0.2) is 5.16 Å². The van der Waals surface area contributed by atoms with Crippen molar-refractivity contribution in [2.24, 2.45) is 0 Å². The highest BCUT2D eigenvalue weighted by Crippen LogP contribution is 2.14. The van der Waals surface area contributed by atoms with Crippen LogP contribution in [0.1, 0.15) is 13.3 Å². The summed E-state index contributed by atoms with van der Waals surface area (Å²) in [5, 5.41) is 13.9. The van der Waals surface area contributed by atoms with E-state index in [9.17, 15) is 0 Å². The molecule has 0 atom stereocenters. The highest BCUT2D eigenvalue weighted by molar-refractivity contribution is 8.01. The summed E-state index contributed by atoms with van der Waals surface area (Å²) in [6, 6.07) is 0. The van der Waals surface area contributed by atoms with Crippen LogP contribution in [-0.2, 0) is 0 Å². The standard InChI is InChI=1S/C4H7N4S/c1-2-3-9-4-5-7-8-6-4/h3H,2H2,1H3,(H,5,6,7,8). The molecule has 5 heteroatoms. The first kappa shape index (κ1) is 6.54. The molecule has 0 unspecified atom stereocenters. The summed E-state index contributed by atoms with van der Waals surface area (Å²) in [4.78, 5) is 0. The molecule has 0 fully saturated rings. The Labute approximate surface area is 57.4 Å². The fraction of sp³-hybridized carbons (Fsp3) is 0.500. The Bertz CT molecular complexity index is 150. The lowest BCUT2D eigenvalue weighted by Crippen LogP contribution is -1.72. The van der Waals surface area contributed by atoms with E-state index < -0.39 is 0 Å². The second-order valence-corrected chi connectivity index (χ2v) is 2.35. The Morgan fingerprint density at radius 1 is 1.78 bits per heavy atom. The van der Waals surface area contributed by atoms with Gasteiger partial charge in [-0.1, -0.05) is 18.7 Å². The monoisotopic (exact) mass is 143 g/mol. The summed E-state index contributed by atoms with van der Waals surface area (Å²) in [5.41, 5.74) is 0. The van der Waals surface area contributed by atoms with Crippen LogP contribution in [-0.4, -0.2) is 20.6 Å². The first-order valence-corrected chi connectivity index (χ1v) is 3.53. The maximum Gasteiger partial charge on any atom is 0.207 e. The highest BCUT2D eigenvalue weighted by atomic mass is 32.2. The number of aromatic amines is 1. The van der Waals surface area contributed by atoms with E-state index in [1.54, 1.807) is 0 Å². The average molecular weight is 143 g/mol. The normalized spacial score (nSPS) is 9.89. The van der Waals surface area contributed by atoms with Gasteiger partial charge in [0.15, 0.2) is 0 Å². The fourth-order valence-electron chi connectivity index (χ4n) is 0.363. The zero-order valence-electron chi connectivity index (χ0n) is 5.03. The molecule has 49 valence electrons. The average Bonchev–Trinajstić information content (AvgIpc) is 2.34. The molecule has 0 saturated carbocycles. The summed E-state index contributed by atoms with van der Waals surface area (Å²) >= 11 is 1.51. The summed E-state index contributed by atoms with van der Waals surface area (Å²) in [7, 11) is 0. The third-order valence-electron chi connectivity index (χ3n) is 0.688. The molecule has 0 aliphatic heterocycles. The van der Waals surface area contributed by atoms with Crippen LogP contribution in [0.2, 0.25) is 0 Å². The number of hydrogen-bond acceptors (Lipinski definition) is 4. The minimum absolute atomic E-state index is 0.747. The van der Waals surface area contributed by atoms with Gasteiger partial charge in [-0.25, -0.2) is 5.10 Å². The van der Waals surface area contributed by atoms with Gasteiger partial charge in [0.1, 0.15) is 0 Å². The third-order valence-corrected chi connectivity index (χ3v) is 1.58. The Kier molecular flexibility index (Phi) is 2.50. The van der Waals surface area contributed by atoms with Crippen molar-refractivity contribution in [2.45, 2.75) is 18.5 Å². The molecule has 0 bridgehead atoms. The first-order valence-electron chi connectivity index (χ1n) is 2.65. The fourth-order valence-corrected chi connectivity index (χ4v) is 0.864. The highest BCUT2D eigenvalue weighted by Gasteiger charge is 1.93. The van der Waals surface area contributed by atoms with Crippen LogP contribution in [0.5, 0.6) is 0 Å². The van der Waals surface area contributed by atoms with E-state index in [1.165, 1.54) is 11.8 Å². The van der Waals surface area contributed by atoms with Crippen LogP contribution in [0.3, 0.4) is 0 Å². The number of nitrogens with one attached hydrogen (secondary N) is 1. The molecule has 1 radical (unpaired) electrons. The smallest absolute Gasteiger partial charge is 0.207 e. The van der Waals surface area contributed by atoms with Crippen molar-refractivity contribution >= 4 is 11.8 Å². The first-order chi connectivity index (χ1) is 4.43. The predicted octanol–water partition coefficient (Wildman–Crippen LogP) is 0.864. The van der Waals surface area contributed by atoms with E-state index in [-0.39, 0.29) is 0 Å². The second kappa shape index (κ2) is 3.45. The van der Waals surface area contributed by atoms with E-state index in [0.29, 0.717) is 0 Å². The zero-order chi connectivity index (χ0) is 6.53. The van der Waals surface area contributed by atoms with E-state index in [0.717, 1.165) is 11.6 Å². The number of rotatable bonds is 3. The maximum atomic E-state index is 3.67. The number of H-pyrrole nitrogens is 1. The van der Waals surface area contributed by atoms with Crippen molar-refractivity contribution < 1.29 is 0 Å². The molecule has 0 aliphatic carbocycles. The molecule has 0 aliphatic rings. The molecule has 0 spiro atoms. The van der Waals surface area contributed by atoms with Crippen molar-refractivity contribution in [3.8, 4) is 0 Å². The van der Waals surface area contributed by atoms with Crippen LogP contribution < -0.4 is 0 Å². The molecule has 1 aromatic heterocycles. The zero-order valence-corrected chi connectivity index (χ0v) is 5.85. The van der Waals surface area contributed by atoms with E-state index in [1.807, 2.05) is 5.75 Å². The van der Waals surface area contributed by atoms with Gasteiger partial charge in [-0.2, -0.15) is 0 Å². The van der Waals surface area contributed by atoms with E-state index in [2.05, 4.69) is 27.5 Å². The van der Waals surface area contributed by atoms with Crippen LogP contribution in [0, 0.1) is 5.75 Å². The van der Waals surface area contributed by atoms with Crippen LogP contribution in [0.25, 0.3) is 0 Å². The molecule has 4 nitrogen and oxygen atoms in total. The molecule has 0 saturated heterocycles. The van der Waals surface area contributed by atoms with Crippen LogP contribution in [0.4, 0.5) is 0 Å². The molecule has 1 N–H and O–H groups in total. The Balaban J connectivity index is 2.30. The maximum absolute atomic E-state index is 3.67. The largest absolute Gasteiger partial charge is 0.234 e. The van der Waals surface area contributed by atoms with Crippen molar-refractivity contribution in [2.75, 3.05) is 0 Å². The van der Waals surface area contributed by atoms with Crippen molar-refractivity contribution in [3.05, 3.63) is 5.75 Å². The van der Waals surface area contributed by atoms with Crippen molar-refractivity contribution in [1.29, 1.82) is 0 Å². The van der Waals surface area contributed by atoms with Gasteiger partial charge in [-0.15, -0.1) is 5.10 Å². The molecular formula is C4H7N4S. The number of aromatic nitrogens is 4. The molecule has 0 amide bonds. The number of nitrogens with zero attached hydrogens (tertiary/aromatic N) is 3. The van der Waals surface area contributed by atoms with E-state index in [4.69, 9.17) is 0 Å². The van der Waals surface area contributed by atoms with Gasteiger partial charge in [-0.05, 0) is 16.8 Å². The van der Waals surface area contributed by atoms with Gasteiger partial charge < -0.3 is 0 Å². The van der Waals surface area contributed by atoms with Crippen LogP contribution >= 0.6 is 11.8 Å². The van der Waals surface area contributed by atoms with Gasteiger partial charge >= 0.3 is 0 Å². The van der Waals surface area contributed by atoms with Crippen molar-refractivity contribution in [3.63, 3.8) is 0 Å². The predicted molar refractivity (Wildman–Crippen MR) is 34.6 cm³/mol. The van der Waals surface area contributed by atoms with Gasteiger partial charge in [0, 0.05) is 5.75 Å². The number of tetrazole rings is 1. The summed E-state index contributed by atoms with van der Waals surface area (Å²) in [6.45, 7) is 2.07. The van der Waals surface area contributed by atoms with E-state index >= 15 is 0 Å². The lowest BCUT2D eigenvalue weighted by atomic mass is 10.6. The lowest BCUT2D eigenvalue weighted by molar-refractivity contribution is 0.881. The summed E-state index contributed by atoms with van der Waals surface area (Å²) in [5.74, 6) is 2.03. The SMILES string of the molecule is CC[CH]Sc1nnn[nH]1. The number of thioether (sulfide) groups is 1. The second-order valence-electron chi connectivity index (χ2n) is 1.40. The molecule has 1 aromatic rings. The number of hydrogen-bond donors (Lipinski definition) is 1. The van der Waals surface area contributed by atoms with Crippen molar-refractivity contribution in [1.82, 2.24) is 20.6 Å². The lowest BCUT2D eigenvalue weighted by Gasteiger charge is -1.86. The quantitative estimate of drug-likeness (QED) is 0.638. The van der Waals surface area contributed by atoms with Gasteiger partial charge in [0.2, 0.25) is 5.16 Å². The molecular weight excluding hydrogens is 136 g/mol. The summed E-state index contributed by atoms with van der Waals surface area (Å²) < 4.78 is 0. The Hall–Kier alpha value is -0.580. The Morgan fingerprint density at radius 2 is 2.67 bits per heavy atom. The molecule has 1 rings (SSSR count). The van der Waals surface area contributed by atoms with Gasteiger partial charge in [0.25, 0.3) is 0 Å². The minimum Gasteiger partial charge on any atom is -0.234 e. The topological polar surface area (TPSA) is 54.5 Å². The minimum atomic E-state index is 0.747. The Morgan fingerprint density at radius 3 is 3.22 bits per heavy atom. The van der Waals surface area contributed by atoms with Gasteiger partial charge in [-0.3, -0.25) is 0 Å². The molecule has 1 heterocycles. The van der Waals surface area contributed by atoms with Gasteiger partial charge in [0.05, 0.1) is 0 Å². The molecule has 9 heavy (non-hydrogen) atoms.